The van der Waals surface area contributed by atoms with E-state index in [2.05, 4.69) is 4.74 Å². The predicted octanol–water partition coefficient (Wildman–Crippen LogP) is 0.658. The molecule has 0 aliphatic heterocycles. The van der Waals surface area contributed by atoms with Crippen molar-refractivity contribution in [2.45, 2.75) is 13.8 Å². The molecule has 0 heterocycles. The Balaban J connectivity index is 4.03. The highest BCUT2D eigenvalue weighted by Crippen LogP contribution is 2.01. The number of methoxy groups -OCH3 is 1. The molecule has 0 spiro atoms. The highest BCUT2D eigenvalue weighted by molar-refractivity contribution is 5.82. The van der Waals surface area contributed by atoms with Crippen LogP contribution in [-0.2, 0) is 9.53 Å². The normalized spacial score (nSPS) is 11.8. The lowest BCUT2D eigenvalue weighted by Crippen LogP contribution is -2.08. The summed E-state index contributed by atoms with van der Waals surface area (Å²) in [5.41, 5.74) is 6.00. The van der Waals surface area contributed by atoms with E-state index in [-0.39, 0.29) is 5.92 Å². The van der Waals surface area contributed by atoms with Crippen molar-refractivity contribution < 1.29 is 9.53 Å². The molecule has 0 radical (unpaired) electrons. The molecule has 0 fully saturated rings. The third-order valence-corrected chi connectivity index (χ3v) is 1.15. The molecule has 0 saturated heterocycles. The van der Waals surface area contributed by atoms with Gasteiger partial charge in [-0.2, -0.15) is 0 Å². The standard InChI is InChI=1S/C7H13NO2/c1-5(2)6(8)4-7(9)10-3/h4-5H,8H2,1-3H3/b6-4+. The van der Waals surface area contributed by atoms with Gasteiger partial charge in [-0.3, -0.25) is 0 Å². The van der Waals surface area contributed by atoms with Crippen molar-refractivity contribution >= 4 is 5.97 Å². The number of carbonyl (C=O) groups excluding carboxylic acids is 1. The summed E-state index contributed by atoms with van der Waals surface area (Å²) in [7, 11) is 1.33. The SMILES string of the molecule is COC(=O)/C=C(/N)C(C)C. The highest BCUT2D eigenvalue weighted by Gasteiger charge is 2.00. The van der Waals surface area contributed by atoms with Crippen molar-refractivity contribution in [2.75, 3.05) is 7.11 Å². The van der Waals surface area contributed by atoms with Gasteiger partial charge < -0.3 is 10.5 Å². The van der Waals surface area contributed by atoms with Gasteiger partial charge >= 0.3 is 5.97 Å². The number of nitrogens with two attached hydrogens (primary N) is 1. The van der Waals surface area contributed by atoms with Gasteiger partial charge in [-0.15, -0.1) is 0 Å². The second-order valence-electron chi connectivity index (χ2n) is 2.32. The Bertz CT molecular complexity index is 150. The number of ether oxygens (including phenoxy) is 1. The molecule has 0 rings (SSSR count). The maximum absolute atomic E-state index is 10.5. The fourth-order valence-electron chi connectivity index (χ4n) is 0.362. The molecule has 0 amide bonds. The Morgan fingerprint density at radius 3 is 2.40 bits per heavy atom. The Hall–Kier alpha value is -0.990. The van der Waals surface area contributed by atoms with E-state index in [9.17, 15) is 4.79 Å². The topological polar surface area (TPSA) is 52.3 Å². The van der Waals surface area contributed by atoms with Crippen molar-refractivity contribution in [3.8, 4) is 0 Å². The Kier molecular flexibility index (Phi) is 3.54. The summed E-state index contributed by atoms with van der Waals surface area (Å²) >= 11 is 0. The minimum atomic E-state index is -0.397. The van der Waals surface area contributed by atoms with Crippen LogP contribution >= 0.6 is 0 Å². The zero-order valence-electron chi connectivity index (χ0n) is 6.55. The number of esters is 1. The number of hydrogen-bond donors (Lipinski definition) is 1. The van der Waals surface area contributed by atoms with Crippen LogP contribution in [0.2, 0.25) is 0 Å². The minimum absolute atomic E-state index is 0.194. The van der Waals surface area contributed by atoms with E-state index in [1.54, 1.807) is 0 Å². The smallest absolute Gasteiger partial charge is 0.332 e. The van der Waals surface area contributed by atoms with Crippen LogP contribution in [0.4, 0.5) is 0 Å². The van der Waals surface area contributed by atoms with Gasteiger partial charge in [-0.1, -0.05) is 13.8 Å². The quantitative estimate of drug-likeness (QED) is 0.456. The number of hydrogen-bond acceptors (Lipinski definition) is 3. The molecule has 10 heavy (non-hydrogen) atoms. The average molecular weight is 143 g/mol. The third kappa shape index (κ3) is 3.12. The Labute approximate surface area is 60.9 Å². The van der Waals surface area contributed by atoms with Gasteiger partial charge in [-0.05, 0) is 5.92 Å². The van der Waals surface area contributed by atoms with Crippen LogP contribution < -0.4 is 5.73 Å². The minimum Gasteiger partial charge on any atom is -0.466 e. The van der Waals surface area contributed by atoms with Crippen molar-refractivity contribution in [1.29, 1.82) is 0 Å². The molecule has 0 unspecified atom stereocenters. The van der Waals surface area contributed by atoms with Crippen molar-refractivity contribution in [3.05, 3.63) is 11.8 Å². The monoisotopic (exact) mass is 143 g/mol. The first-order valence-corrected chi connectivity index (χ1v) is 3.13. The molecule has 0 aromatic heterocycles. The molecular formula is C7H13NO2. The van der Waals surface area contributed by atoms with Crippen molar-refractivity contribution in [3.63, 3.8) is 0 Å². The summed E-state index contributed by atoms with van der Waals surface area (Å²) in [5, 5.41) is 0. The van der Waals surface area contributed by atoms with E-state index in [1.807, 2.05) is 13.8 Å². The molecule has 58 valence electrons. The van der Waals surface area contributed by atoms with Gasteiger partial charge in [-0.25, -0.2) is 4.79 Å². The van der Waals surface area contributed by atoms with E-state index in [0.717, 1.165) is 0 Å². The van der Waals surface area contributed by atoms with E-state index in [1.165, 1.54) is 13.2 Å². The first kappa shape index (κ1) is 9.01. The van der Waals surface area contributed by atoms with Gasteiger partial charge in [0.1, 0.15) is 0 Å². The van der Waals surface area contributed by atoms with Crippen LogP contribution in [-0.4, -0.2) is 13.1 Å². The molecule has 0 aliphatic carbocycles. The van der Waals surface area contributed by atoms with Crippen molar-refractivity contribution in [2.24, 2.45) is 11.7 Å². The van der Waals surface area contributed by atoms with Crippen LogP contribution in [0, 0.1) is 5.92 Å². The fraction of sp³-hybridized carbons (Fsp3) is 0.571. The number of allylic oxidation sites excluding steroid dienone is 1. The largest absolute Gasteiger partial charge is 0.466 e. The molecule has 2 N–H and O–H groups in total. The van der Waals surface area contributed by atoms with Crippen LogP contribution in [0.25, 0.3) is 0 Å². The molecule has 0 atom stereocenters. The zero-order chi connectivity index (χ0) is 8.15. The number of rotatable bonds is 2. The molecule has 0 aromatic carbocycles. The first-order chi connectivity index (χ1) is 4.57. The van der Waals surface area contributed by atoms with Crippen molar-refractivity contribution in [1.82, 2.24) is 0 Å². The van der Waals surface area contributed by atoms with Crippen LogP contribution in [0.1, 0.15) is 13.8 Å². The molecule has 3 heteroatoms. The van der Waals surface area contributed by atoms with Crippen LogP contribution in [0.15, 0.2) is 11.8 Å². The summed E-state index contributed by atoms with van der Waals surface area (Å²) in [4.78, 5) is 10.5. The summed E-state index contributed by atoms with van der Waals surface area (Å²) in [5.74, 6) is -0.203. The summed E-state index contributed by atoms with van der Waals surface area (Å²) in [6.45, 7) is 3.82. The Morgan fingerprint density at radius 1 is 1.60 bits per heavy atom. The van der Waals surface area contributed by atoms with E-state index in [0.29, 0.717) is 5.70 Å². The van der Waals surface area contributed by atoms with Gasteiger partial charge in [0.25, 0.3) is 0 Å². The molecular weight excluding hydrogens is 130 g/mol. The summed E-state index contributed by atoms with van der Waals surface area (Å²) < 4.78 is 4.38. The fourth-order valence-corrected chi connectivity index (χ4v) is 0.362. The summed E-state index contributed by atoms with van der Waals surface area (Å²) in [6, 6.07) is 0. The lowest BCUT2D eigenvalue weighted by Gasteiger charge is -2.02. The molecule has 0 bridgehead atoms. The van der Waals surface area contributed by atoms with E-state index < -0.39 is 5.97 Å². The van der Waals surface area contributed by atoms with Crippen LogP contribution in [0.3, 0.4) is 0 Å². The van der Waals surface area contributed by atoms with E-state index >= 15 is 0 Å². The van der Waals surface area contributed by atoms with Gasteiger partial charge in [0.2, 0.25) is 0 Å². The van der Waals surface area contributed by atoms with E-state index in [4.69, 9.17) is 5.73 Å². The number of carbonyl (C=O) groups is 1. The molecule has 0 aliphatic rings. The van der Waals surface area contributed by atoms with Gasteiger partial charge in [0.15, 0.2) is 0 Å². The van der Waals surface area contributed by atoms with Crippen LogP contribution in [0.5, 0.6) is 0 Å². The zero-order valence-corrected chi connectivity index (χ0v) is 6.55. The average Bonchev–Trinajstić information content (AvgIpc) is 1.87. The highest BCUT2D eigenvalue weighted by atomic mass is 16.5. The molecule has 0 saturated carbocycles. The molecule has 0 aromatic rings. The van der Waals surface area contributed by atoms with Gasteiger partial charge in [0.05, 0.1) is 7.11 Å². The second-order valence-corrected chi connectivity index (χ2v) is 2.32. The van der Waals surface area contributed by atoms with Gasteiger partial charge in [0, 0.05) is 11.8 Å². The maximum atomic E-state index is 10.5. The maximum Gasteiger partial charge on any atom is 0.332 e. The lowest BCUT2D eigenvalue weighted by molar-refractivity contribution is -0.134. The third-order valence-electron chi connectivity index (χ3n) is 1.15. The first-order valence-electron chi connectivity index (χ1n) is 3.13. The Morgan fingerprint density at radius 2 is 2.10 bits per heavy atom. The summed E-state index contributed by atoms with van der Waals surface area (Å²) in [6.07, 6.45) is 1.30. The molecule has 3 nitrogen and oxygen atoms in total. The lowest BCUT2D eigenvalue weighted by atomic mass is 10.1. The predicted molar refractivity (Wildman–Crippen MR) is 39.1 cm³/mol. The second kappa shape index (κ2) is 3.93.